The van der Waals surface area contributed by atoms with E-state index in [0.717, 1.165) is 12.3 Å². The molecule has 20 heavy (non-hydrogen) atoms. The lowest BCUT2D eigenvalue weighted by Crippen LogP contribution is -2.38. The van der Waals surface area contributed by atoms with Gasteiger partial charge in [-0.15, -0.1) is 0 Å². The van der Waals surface area contributed by atoms with Crippen LogP contribution >= 0.6 is 0 Å². The van der Waals surface area contributed by atoms with Gasteiger partial charge in [0, 0.05) is 6.04 Å². The number of hydrogen-bond acceptors (Lipinski definition) is 2. The lowest BCUT2D eigenvalue weighted by molar-refractivity contribution is 0.117. The highest BCUT2D eigenvalue weighted by Crippen LogP contribution is 2.38. The van der Waals surface area contributed by atoms with Crippen LogP contribution in [-0.4, -0.2) is 23.1 Å². The second-order valence-electron chi connectivity index (χ2n) is 6.56. The monoisotopic (exact) mass is 273 g/mol. The molecule has 1 N–H and O–H groups in total. The molecule has 110 valence electrons. The van der Waals surface area contributed by atoms with Crippen LogP contribution in [-0.2, 0) is 6.42 Å². The number of aryl methyl sites for hydroxylation is 1. The Morgan fingerprint density at radius 1 is 1.20 bits per heavy atom. The van der Waals surface area contributed by atoms with Gasteiger partial charge >= 0.3 is 0 Å². The summed E-state index contributed by atoms with van der Waals surface area (Å²) in [4.78, 5) is 2.70. The summed E-state index contributed by atoms with van der Waals surface area (Å²) in [6, 6.07) is 6.60. The van der Waals surface area contributed by atoms with E-state index in [1.165, 1.54) is 62.7 Å². The number of fused-ring (bicyclic) bond motifs is 1. The summed E-state index contributed by atoms with van der Waals surface area (Å²) in [5, 5.41) is 9.66. The molecule has 1 unspecified atom stereocenters. The van der Waals surface area contributed by atoms with Gasteiger partial charge in [0.05, 0.1) is 0 Å². The molecule has 1 atom stereocenters. The molecule has 3 rings (SSSR count). The van der Waals surface area contributed by atoms with Crippen molar-refractivity contribution in [2.45, 2.75) is 57.9 Å². The number of likely N-dealkylation sites (tertiary alicyclic amines) is 1. The highest BCUT2D eigenvalue weighted by atomic mass is 16.3. The fraction of sp³-hybridized carbons (Fsp3) is 0.667. The third-order valence-corrected chi connectivity index (χ3v) is 5.20. The third-order valence-electron chi connectivity index (χ3n) is 5.20. The van der Waals surface area contributed by atoms with Gasteiger partial charge in [0.1, 0.15) is 5.75 Å². The number of phenols is 1. The second-order valence-corrected chi connectivity index (χ2v) is 6.56. The minimum atomic E-state index is 0.422. The molecule has 1 fully saturated rings. The number of piperidine rings is 1. The minimum Gasteiger partial charge on any atom is -0.508 e. The van der Waals surface area contributed by atoms with Gasteiger partial charge in [-0.3, -0.25) is 4.90 Å². The van der Waals surface area contributed by atoms with E-state index in [9.17, 15) is 5.11 Å². The van der Waals surface area contributed by atoms with Gasteiger partial charge in [-0.2, -0.15) is 0 Å². The Hall–Kier alpha value is -1.02. The van der Waals surface area contributed by atoms with Crippen molar-refractivity contribution in [1.29, 1.82) is 0 Å². The Morgan fingerprint density at radius 3 is 2.75 bits per heavy atom. The third kappa shape index (κ3) is 2.85. The van der Waals surface area contributed by atoms with Crippen molar-refractivity contribution < 1.29 is 5.11 Å². The van der Waals surface area contributed by atoms with Crippen molar-refractivity contribution in [2.75, 3.05) is 13.1 Å². The molecule has 1 aromatic carbocycles. The van der Waals surface area contributed by atoms with E-state index in [0.29, 0.717) is 11.8 Å². The molecule has 1 saturated heterocycles. The highest BCUT2D eigenvalue weighted by molar-refractivity contribution is 5.38. The second kappa shape index (κ2) is 6.17. The molecule has 0 radical (unpaired) electrons. The van der Waals surface area contributed by atoms with Gasteiger partial charge in [-0.25, -0.2) is 0 Å². The zero-order chi connectivity index (χ0) is 13.9. The predicted octanol–water partition coefficient (Wildman–Crippen LogP) is 4.28. The van der Waals surface area contributed by atoms with Crippen LogP contribution in [0.1, 0.15) is 62.6 Å². The molecular formula is C18H27NO. The van der Waals surface area contributed by atoms with Crippen molar-refractivity contribution in [1.82, 2.24) is 4.90 Å². The average Bonchev–Trinajstić information content (AvgIpc) is 2.47. The smallest absolute Gasteiger partial charge is 0.115 e. The Labute approximate surface area is 122 Å². The summed E-state index contributed by atoms with van der Waals surface area (Å²) in [6.07, 6.45) is 9.16. The van der Waals surface area contributed by atoms with Gasteiger partial charge in [0.15, 0.2) is 0 Å². The number of phenolic OH excluding ortho intramolecular Hbond substituents is 1. The summed E-state index contributed by atoms with van der Waals surface area (Å²) in [5.74, 6) is 1.38. The van der Waals surface area contributed by atoms with Gasteiger partial charge in [-0.05, 0) is 74.4 Å². The molecule has 0 aromatic heterocycles. The first-order valence-corrected chi connectivity index (χ1v) is 8.33. The molecule has 0 saturated carbocycles. The van der Waals surface area contributed by atoms with E-state index in [1.807, 2.05) is 12.1 Å². The standard InChI is InChI=1S/C18H27NO/c1-2-4-14-9-11-19(12-10-14)18-6-3-5-15-13-16(20)7-8-17(15)18/h7-8,13-14,18,20H,2-6,9-12H2,1H3. The lowest BCUT2D eigenvalue weighted by atomic mass is 9.84. The van der Waals surface area contributed by atoms with E-state index in [1.54, 1.807) is 0 Å². The van der Waals surface area contributed by atoms with Crippen molar-refractivity contribution >= 4 is 0 Å². The van der Waals surface area contributed by atoms with Crippen LogP contribution in [0.5, 0.6) is 5.75 Å². The molecule has 0 spiro atoms. The molecule has 1 aliphatic heterocycles. The van der Waals surface area contributed by atoms with E-state index < -0.39 is 0 Å². The normalized spacial score (nSPS) is 24.6. The molecule has 1 heterocycles. The maximum Gasteiger partial charge on any atom is 0.115 e. The topological polar surface area (TPSA) is 23.5 Å². The minimum absolute atomic E-state index is 0.422. The molecule has 0 bridgehead atoms. The first-order chi connectivity index (χ1) is 9.78. The van der Waals surface area contributed by atoms with Crippen molar-refractivity contribution in [3.63, 3.8) is 0 Å². The van der Waals surface area contributed by atoms with Gasteiger partial charge < -0.3 is 5.11 Å². The van der Waals surface area contributed by atoms with Crippen LogP contribution in [0.25, 0.3) is 0 Å². The Morgan fingerprint density at radius 2 is 2.00 bits per heavy atom. The van der Waals surface area contributed by atoms with E-state index in [-0.39, 0.29) is 0 Å². The molecule has 1 aliphatic carbocycles. The van der Waals surface area contributed by atoms with E-state index in [2.05, 4.69) is 17.9 Å². The van der Waals surface area contributed by atoms with Gasteiger partial charge in [0.25, 0.3) is 0 Å². The van der Waals surface area contributed by atoms with Gasteiger partial charge in [-0.1, -0.05) is 25.8 Å². The molecule has 2 nitrogen and oxygen atoms in total. The summed E-state index contributed by atoms with van der Waals surface area (Å²) in [6.45, 7) is 4.82. The highest BCUT2D eigenvalue weighted by Gasteiger charge is 2.29. The largest absolute Gasteiger partial charge is 0.508 e. The number of rotatable bonds is 3. The van der Waals surface area contributed by atoms with Crippen LogP contribution in [0.2, 0.25) is 0 Å². The number of nitrogens with zero attached hydrogens (tertiary/aromatic N) is 1. The first kappa shape index (κ1) is 13.9. The fourth-order valence-corrected chi connectivity index (χ4v) is 4.12. The molecule has 2 heteroatoms. The quantitative estimate of drug-likeness (QED) is 0.888. The maximum absolute atomic E-state index is 9.66. The van der Waals surface area contributed by atoms with E-state index in [4.69, 9.17) is 0 Å². The average molecular weight is 273 g/mol. The van der Waals surface area contributed by atoms with Crippen LogP contribution < -0.4 is 0 Å². The van der Waals surface area contributed by atoms with Crippen LogP contribution in [0, 0.1) is 5.92 Å². The fourth-order valence-electron chi connectivity index (χ4n) is 4.12. The summed E-state index contributed by atoms with van der Waals surface area (Å²) in [5.41, 5.74) is 2.85. The summed E-state index contributed by atoms with van der Waals surface area (Å²) >= 11 is 0. The zero-order valence-corrected chi connectivity index (χ0v) is 12.6. The van der Waals surface area contributed by atoms with Crippen molar-refractivity contribution in [3.8, 4) is 5.75 Å². The molecule has 2 aliphatic rings. The molecule has 0 amide bonds. The molecule has 1 aromatic rings. The van der Waals surface area contributed by atoms with Crippen molar-refractivity contribution in [3.05, 3.63) is 29.3 Å². The number of aromatic hydroxyl groups is 1. The number of benzene rings is 1. The van der Waals surface area contributed by atoms with E-state index >= 15 is 0 Å². The SMILES string of the molecule is CCCC1CCN(C2CCCc3cc(O)ccc32)CC1. The van der Waals surface area contributed by atoms with Crippen molar-refractivity contribution in [2.24, 2.45) is 5.92 Å². The maximum atomic E-state index is 9.66. The molecular weight excluding hydrogens is 246 g/mol. The Bertz CT molecular complexity index is 449. The summed E-state index contributed by atoms with van der Waals surface area (Å²) in [7, 11) is 0. The first-order valence-electron chi connectivity index (χ1n) is 8.33. The summed E-state index contributed by atoms with van der Waals surface area (Å²) < 4.78 is 0. The number of hydrogen-bond donors (Lipinski definition) is 1. The van der Waals surface area contributed by atoms with Crippen LogP contribution in [0.4, 0.5) is 0 Å². The Balaban J connectivity index is 1.70. The lowest BCUT2D eigenvalue weighted by Gasteiger charge is -2.40. The van der Waals surface area contributed by atoms with Crippen LogP contribution in [0.15, 0.2) is 18.2 Å². The van der Waals surface area contributed by atoms with Crippen LogP contribution in [0.3, 0.4) is 0 Å². The predicted molar refractivity (Wildman–Crippen MR) is 83.0 cm³/mol. The van der Waals surface area contributed by atoms with Gasteiger partial charge in [0.2, 0.25) is 0 Å². The Kier molecular flexibility index (Phi) is 4.30. The zero-order valence-electron chi connectivity index (χ0n) is 12.6.